The molecule has 1 aliphatic heterocycles. The number of piperidine rings is 1. The third kappa shape index (κ3) is 5.31. The van der Waals surface area contributed by atoms with Gasteiger partial charge in [0, 0.05) is 13.1 Å². The molecule has 0 N–H and O–H groups in total. The summed E-state index contributed by atoms with van der Waals surface area (Å²) in [4.78, 5) is 2.51. The van der Waals surface area contributed by atoms with Crippen LogP contribution in [0.5, 0.6) is 0 Å². The molecule has 0 bridgehead atoms. The lowest BCUT2D eigenvalue weighted by Gasteiger charge is -2.32. The first kappa shape index (κ1) is 14.0. The Bertz CT molecular complexity index is 174. The van der Waals surface area contributed by atoms with E-state index >= 15 is 0 Å². The molecule has 1 aliphatic rings. The number of rotatable bonds is 6. The average Bonchev–Trinajstić information content (AvgIpc) is 2.27. The normalized spacial score (nSPS) is 21.6. The van der Waals surface area contributed by atoms with Crippen LogP contribution in [0.4, 0.5) is 0 Å². The van der Waals surface area contributed by atoms with Gasteiger partial charge in [0.05, 0.1) is 12.2 Å². The van der Waals surface area contributed by atoms with Crippen molar-refractivity contribution in [2.24, 2.45) is 5.92 Å². The van der Waals surface area contributed by atoms with E-state index < -0.39 is 0 Å². The molecule has 1 atom stereocenters. The molecule has 1 saturated heterocycles. The molecule has 1 fully saturated rings. The summed E-state index contributed by atoms with van der Waals surface area (Å²) in [5.41, 5.74) is 0. The van der Waals surface area contributed by atoms with Gasteiger partial charge in [0.25, 0.3) is 0 Å². The van der Waals surface area contributed by atoms with Crippen LogP contribution < -0.4 is 0 Å². The van der Waals surface area contributed by atoms with Crippen LogP contribution in [-0.2, 0) is 4.74 Å². The summed E-state index contributed by atoms with van der Waals surface area (Å²) < 4.78 is 6.11. The van der Waals surface area contributed by atoms with Gasteiger partial charge < -0.3 is 9.64 Å². The van der Waals surface area contributed by atoms with Crippen molar-refractivity contribution in [3.05, 3.63) is 0 Å². The Kier molecular flexibility index (Phi) is 6.37. The van der Waals surface area contributed by atoms with Crippen LogP contribution in [0.15, 0.2) is 0 Å². The SMILES string of the molecule is CCN1CCC(O[C@@H](C)CCC(C)C)CC1. The maximum Gasteiger partial charge on any atom is 0.0603 e. The molecule has 0 saturated carbocycles. The molecular weight excluding hydrogens is 198 g/mol. The topological polar surface area (TPSA) is 12.5 Å². The molecule has 0 unspecified atom stereocenters. The van der Waals surface area contributed by atoms with Gasteiger partial charge in [0.15, 0.2) is 0 Å². The fourth-order valence-electron chi connectivity index (χ4n) is 2.33. The summed E-state index contributed by atoms with van der Waals surface area (Å²) in [6.07, 6.45) is 5.91. The number of likely N-dealkylation sites (tertiary alicyclic amines) is 1. The lowest BCUT2D eigenvalue weighted by molar-refractivity contribution is -0.0384. The Morgan fingerprint density at radius 3 is 2.25 bits per heavy atom. The Hall–Kier alpha value is -0.0800. The first-order valence-corrected chi connectivity index (χ1v) is 6.99. The second-order valence-corrected chi connectivity index (χ2v) is 5.55. The first-order chi connectivity index (χ1) is 7.61. The van der Waals surface area contributed by atoms with Crippen molar-refractivity contribution in [2.45, 2.75) is 65.6 Å². The van der Waals surface area contributed by atoms with Gasteiger partial charge in [0.2, 0.25) is 0 Å². The van der Waals surface area contributed by atoms with Crippen LogP contribution in [0.2, 0.25) is 0 Å². The van der Waals surface area contributed by atoms with E-state index in [9.17, 15) is 0 Å². The average molecular weight is 227 g/mol. The van der Waals surface area contributed by atoms with Crippen LogP contribution in [0.1, 0.15) is 53.4 Å². The van der Waals surface area contributed by atoms with E-state index in [0.717, 1.165) is 5.92 Å². The van der Waals surface area contributed by atoms with Crippen LogP contribution >= 0.6 is 0 Å². The highest BCUT2D eigenvalue weighted by atomic mass is 16.5. The van der Waals surface area contributed by atoms with E-state index in [2.05, 4.69) is 32.6 Å². The fraction of sp³-hybridized carbons (Fsp3) is 1.00. The predicted molar refractivity (Wildman–Crippen MR) is 69.8 cm³/mol. The lowest BCUT2D eigenvalue weighted by Crippen LogP contribution is -2.37. The van der Waals surface area contributed by atoms with Crippen molar-refractivity contribution >= 4 is 0 Å². The van der Waals surface area contributed by atoms with Crippen molar-refractivity contribution in [2.75, 3.05) is 19.6 Å². The summed E-state index contributed by atoms with van der Waals surface area (Å²) in [6.45, 7) is 12.7. The van der Waals surface area contributed by atoms with Crippen molar-refractivity contribution in [1.29, 1.82) is 0 Å². The molecule has 96 valence electrons. The monoisotopic (exact) mass is 227 g/mol. The summed E-state index contributed by atoms with van der Waals surface area (Å²) in [6, 6.07) is 0. The fourth-order valence-corrected chi connectivity index (χ4v) is 2.33. The van der Waals surface area contributed by atoms with E-state index in [0.29, 0.717) is 12.2 Å². The van der Waals surface area contributed by atoms with Crippen LogP contribution in [0.3, 0.4) is 0 Å². The van der Waals surface area contributed by atoms with E-state index in [4.69, 9.17) is 4.74 Å². The van der Waals surface area contributed by atoms with Crippen molar-refractivity contribution in [1.82, 2.24) is 4.90 Å². The second kappa shape index (κ2) is 7.29. The standard InChI is InChI=1S/C14H29NO/c1-5-15-10-8-14(9-11-15)16-13(4)7-6-12(2)3/h12-14H,5-11H2,1-4H3/t13-/m0/s1. The number of nitrogens with zero attached hydrogens (tertiary/aromatic N) is 1. The Balaban J connectivity index is 2.13. The van der Waals surface area contributed by atoms with Gasteiger partial charge in [0.1, 0.15) is 0 Å². The molecule has 1 heterocycles. The highest BCUT2D eigenvalue weighted by Crippen LogP contribution is 2.17. The van der Waals surface area contributed by atoms with Gasteiger partial charge >= 0.3 is 0 Å². The van der Waals surface area contributed by atoms with Crippen LogP contribution in [0, 0.1) is 5.92 Å². The summed E-state index contributed by atoms with van der Waals surface area (Å²) in [5, 5.41) is 0. The van der Waals surface area contributed by atoms with Gasteiger partial charge in [-0.15, -0.1) is 0 Å². The molecule has 0 amide bonds. The molecular formula is C14H29NO. The minimum atomic E-state index is 0.445. The highest BCUT2D eigenvalue weighted by molar-refractivity contribution is 4.72. The smallest absolute Gasteiger partial charge is 0.0603 e. The van der Waals surface area contributed by atoms with Crippen LogP contribution in [0.25, 0.3) is 0 Å². The van der Waals surface area contributed by atoms with Gasteiger partial charge in [-0.05, 0) is 45.1 Å². The zero-order valence-electron chi connectivity index (χ0n) is 11.5. The Labute approximate surface area is 101 Å². The maximum atomic E-state index is 6.11. The number of ether oxygens (including phenoxy) is 1. The summed E-state index contributed by atoms with van der Waals surface area (Å²) in [5.74, 6) is 0.799. The molecule has 0 aromatic rings. The van der Waals surface area contributed by atoms with E-state index in [1.165, 1.54) is 45.3 Å². The van der Waals surface area contributed by atoms with Crippen LogP contribution in [-0.4, -0.2) is 36.7 Å². The third-order valence-electron chi connectivity index (χ3n) is 3.56. The molecule has 1 rings (SSSR count). The minimum Gasteiger partial charge on any atom is -0.375 e. The first-order valence-electron chi connectivity index (χ1n) is 6.99. The molecule has 2 heteroatoms. The van der Waals surface area contributed by atoms with Gasteiger partial charge in [-0.2, -0.15) is 0 Å². The van der Waals surface area contributed by atoms with E-state index in [-0.39, 0.29) is 0 Å². The Morgan fingerprint density at radius 1 is 1.12 bits per heavy atom. The predicted octanol–water partition coefficient (Wildman–Crippen LogP) is 3.31. The molecule has 0 aromatic carbocycles. The quantitative estimate of drug-likeness (QED) is 0.690. The van der Waals surface area contributed by atoms with Crippen molar-refractivity contribution < 1.29 is 4.74 Å². The second-order valence-electron chi connectivity index (χ2n) is 5.55. The number of hydrogen-bond acceptors (Lipinski definition) is 2. The molecule has 2 nitrogen and oxygen atoms in total. The molecule has 0 aromatic heterocycles. The largest absolute Gasteiger partial charge is 0.375 e. The Morgan fingerprint density at radius 2 is 1.75 bits per heavy atom. The molecule has 0 aliphatic carbocycles. The lowest BCUT2D eigenvalue weighted by atomic mass is 10.0. The highest BCUT2D eigenvalue weighted by Gasteiger charge is 2.20. The third-order valence-corrected chi connectivity index (χ3v) is 3.56. The van der Waals surface area contributed by atoms with Gasteiger partial charge in [-0.3, -0.25) is 0 Å². The number of hydrogen-bond donors (Lipinski definition) is 0. The molecule has 0 spiro atoms. The van der Waals surface area contributed by atoms with Gasteiger partial charge in [-0.25, -0.2) is 0 Å². The zero-order valence-corrected chi connectivity index (χ0v) is 11.5. The zero-order chi connectivity index (χ0) is 12.0. The van der Waals surface area contributed by atoms with Crippen molar-refractivity contribution in [3.8, 4) is 0 Å². The minimum absolute atomic E-state index is 0.445. The van der Waals surface area contributed by atoms with Gasteiger partial charge in [-0.1, -0.05) is 20.8 Å². The molecule has 0 radical (unpaired) electrons. The molecule has 16 heavy (non-hydrogen) atoms. The maximum absolute atomic E-state index is 6.11. The summed E-state index contributed by atoms with van der Waals surface area (Å²) in [7, 11) is 0. The van der Waals surface area contributed by atoms with E-state index in [1.807, 2.05) is 0 Å². The van der Waals surface area contributed by atoms with Crippen molar-refractivity contribution in [3.63, 3.8) is 0 Å². The summed E-state index contributed by atoms with van der Waals surface area (Å²) >= 11 is 0. The van der Waals surface area contributed by atoms with E-state index in [1.54, 1.807) is 0 Å².